The largest absolute Gasteiger partial charge is 0.455 e. The molecule has 0 rings (SSSR count). The maximum absolute atomic E-state index is 12.1. The summed E-state index contributed by atoms with van der Waals surface area (Å²) in [6, 6.07) is 0. The summed E-state index contributed by atoms with van der Waals surface area (Å²) in [4.78, 5) is 0. The van der Waals surface area contributed by atoms with Gasteiger partial charge >= 0.3 is 12.1 Å². The van der Waals surface area contributed by atoms with Gasteiger partial charge in [0.1, 0.15) is 12.7 Å². The van der Waals surface area contributed by atoms with Crippen LogP contribution in [0, 0.1) is 0 Å². The van der Waals surface area contributed by atoms with Crippen molar-refractivity contribution in [3.63, 3.8) is 0 Å². The molecular formula is C6H9F5O3. The fourth-order valence-corrected chi connectivity index (χ4v) is 0.458. The van der Waals surface area contributed by atoms with Gasteiger partial charge in [0.25, 0.3) is 0 Å². The van der Waals surface area contributed by atoms with Gasteiger partial charge in [-0.2, -0.15) is 22.0 Å². The molecule has 86 valence electrons. The molecular weight excluding hydrogens is 215 g/mol. The number of aliphatic hydroxyl groups is 2. The van der Waals surface area contributed by atoms with Crippen molar-refractivity contribution < 1.29 is 36.9 Å². The summed E-state index contributed by atoms with van der Waals surface area (Å²) in [6.45, 7) is -3.41. The smallest absolute Gasteiger partial charge is 0.394 e. The summed E-state index contributed by atoms with van der Waals surface area (Å²) in [5.41, 5.74) is 0. The number of ether oxygens (including phenoxy) is 1. The fourth-order valence-electron chi connectivity index (χ4n) is 0.458. The molecule has 8 heteroatoms. The molecule has 0 saturated heterocycles. The van der Waals surface area contributed by atoms with Gasteiger partial charge < -0.3 is 14.9 Å². The maximum atomic E-state index is 12.1. The average Bonchev–Trinajstić information content (AvgIpc) is 2.01. The summed E-state index contributed by atoms with van der Waals surface area (Å²) < 4.78 is 62.6. The van der Waals surface area contributed by atoms with Crippen LogP contribution in [0.15, 0.2) is 0 Å². The fraction of sp³-hybridized carbons (Fsp3) is 1.00. The third-order valence-corrected chi connectivity index (χ3v) is 1.22. The molecule has 3 nitrogen and oxygen atoms in total. The average molecular weight is 224 g/mol. The van der Waals surface area contributed by atoms with E-state index < -0.39 is 38.0 Å². The highest BCUT2D eigenvalue weighted by atomic mass is 19.4. The van der Waals surface area contributed by atoms with Crippen molar-refractivity contribution >= 4 is 0 Å². The molecule has 0 amide bonds. The first-order chi connectivity index (χ1) is 6.20. The van der Waals surface area contributed by atoms with E-state index in [0.717, 1.165) is 0 Å². The second kappa shape index (κ2) is 4.85. The van der Waals surface area contributed by atoms with Gasteiger partial charge in [-0.3, -0.25) is 0 Å². The van der Waals surface area contributed by atoms with Gasteiger partial charge in [0.15, 0.2) is 0 Å². The summed E-state index contributed by atoms with van der Waals surface area (Å²) in [5, 5.41) is 16.7. The van der Waals surface area contributed by atoms with Crippen LogP contribution in [0.25, 0.3) is 0 Å². The van der Waals surface area contributed by atoms with E-state index in [1.165, 1.54) is 0 Å². The monoisotopic (exact) mass is 224 g/mol. The topological polar surface area (TPSA) is 49.7 Å². The van der Waals surface area contributed by atoms with Gasteiger partial charge in [-0.1, -0.05) is 0 Å². The second-order valence-corrected chi connectivity index (χ2v) is 2.55. The van der Waals surface area contributed by atoms with Crippen molar-refractivity contribution in [2.45, 2.75) is 18.2 Å². The molecule has 0 aliphatic carbocycles. The lowest BCUT2D eigenvalue weighted by molar-refractivity contribution is -0.298. The standard InChI is InChI=1S/C6H9F5O3/c7-5(8,6(9,10)11)3-14-2-4(13)1-12/h4,12-13H,1-3H2/t4-/m1/s1. The van der Waals surface area contributed by atoms with Crippen LogP contribution in [0.5, 0.6) is 0 Å². The van der Waals surface area contributed by atoms with Gasteiger partial charge in [0.2, 0.25) is 0 Å². The van der Waals surface area contributed by atoms with Crippen LogP contribution >= 0.6 is 0 Å². The SMILES string of the molecule is OC[C@@H](O)COCC(F)(F)C(F)(F)F. The van der Waals surface area contributed by atoms with Crippen molar-refractivity contribution in [2.75, 3.05) is 19.8 Å². The van der Waals surface area contributed by atoms with Gasteiger partial charge in [0, 0.05) is 0 Å². The van der Waals surface area contributed by atoms with E-state index in [1.807, 2.05) is 0 Å². The molecule has 0 aromatic heterocycles. The van der Waals surface area contributed by atoms with Crippen LogP contribution in [0.3, 0.4) is 0 Å². The molecule has 0 aliphatic heterocycles. The van der Waals surface area contributed by atoms with Crippen LogP contribution in [0.2, 0.25) is 0 Å². The Morgan fingerprint density at radius 2 is 1.64 bits per heavy atom. The van der Waals surface area contributed by atoms with Gasteiger partial charge in [0.05, 0.1) is 13.2 Å². The van der Waals surface area contributed by atoms with E-state index in [0.29, 0.717) is 0 Å². The van der Waals surface area contributed by atoms with E-state index in [1.54, 1.807) is 0 Å². The van der Waals surface area contributed by atoms with E-state index >= 15 is 0 Å². The quantitative estimate of drug-likeness (QED) is 0.670. The third-order valence-electron chi connectivity index (χ3n) is 1.22. The molecule has 0 aromatic rings. The van der Waals surface area contributed by atoms with E-state index in [2.05, 4.69) is 4.74 Å². The zero-order valence-electron chi connectivity index (χ0n) is 6.89. The van der Waals surface area contributed by atoms with Crippen molar-refractivity contribution in [3.05, 3.63) is 0 Å². The first-order valence-electron chi connectivity index (χ1n) is 3.52. The zero-order chi connectivity index (χ0) is 11.4. The Balaban J connectivity index is 3.89. The van der Waals surface area contributed by atoms with Crippen molar-refractivity contribution in [1.82, 2.24) is 0 Å². The Morgan fingerprint density at radius 1 is 1.14 bits per heavy atom. The van der Waals surface area contributed by atoms with Crippen LogP contribution < -0.4 is 0 Å². The van der Waals surface area contributed by atoms with Gasteiger partial charge in [-0.05, 0) is 0 Å². The Labute approximate surface area is 76.1 Å². The summed E-state index contributed by atoms with van der Waals surface area (Å²) >= 11 is 0. The Hall–Kier alpha value is -0.470. The van der Waals surface area contributed by atoms with Crippen LogP contribution in [-0.2, 0) is 4.74 Å². The first-order valence-corrected chi connectivity index (χ1v) is 3.52. The molecule has 0 bridgehead atoms. The number of hydrogen-bond donors (Lipinski definition) is 2. The Kier molecular flexibility index (Phi) is 4.69. The molecule has 0 aliphatic rings. The minimum atomic E-state index is -5.67. The minimum absolute atomic E-state index is 0.766. The number of hydrogen-bond acceptors (Lipinski definition) is 3. The Bertz CT molecular complexity index is 169. The molecule has 0 spiro atoms. The molecule has 0 aromatic carbocycles. The third kappa shape index (κ3) is 4.16. The van der Waals surface area contributed by atoms with E-state index in [-0.39, 0.29) is 0 Å². The minimum Gasteiger partial charge on any atom is -0.394 e. The van der Waals surface area contributed by atoms with Crippen LogP contribution in [0.4, 0.5) is 22.0 Å². The van der Waals surface area contributed by atoms with Crippen LogP contribution in [-0.4, -0.2) is 48.2 Å². The van der Waals surface area contributed by atoms with E-state index in [4.69, 9.17) is 10.2 Å². The van der Waals surface area contributed by atoms with Gasteiger partial charge in [-0.15, -0.1) is 0 Å². The predicted octanol–water partition coefficient (Wildman–Crippen LogP) is 0.554. The molecule has 2 N–H and O–H groups in total. The number of rotatable bonds is 5. The van der Waals surface area contributed by atoms with Gasteiger partial charge in [-0.25, -0.2) is 0 Å². The molecule has 0 radical (unpaired) electrons. The number of alkyl halides is 5. The highest BCUT2D eigenvalue weighted by Gasteiger charge is 2.57. The highest BCUT2D eigenvalue weighted by Crippen LogP contribution is 2.35. The highest BCUT2D eigenvalue weighted by molar-refractivity contribution is 4.75. The second-order valence-electron chi connectivity index (χ2n) is 2.55. The molecule has 14 heavy (non-hydrogen) atoms. The first kappa shape index (κ1) is 13.5. The molecule has 0 saturated carbocycles. The Morgan fingerprint density at radius 3 is 2.00 bits per heavy atom. The lowest BCUT2D eigenvalue weighted by atomic mass is 10.3. The molecule has 1 atom stereocenters. The lowest BCUT2D eigenvalue weighted by Gasteiger charge is -2.19. The predicted molar refractivity (Wildman–Crippen MR) is 34.9 cm³/mol. The van der Waals surface area contributed by atoms with Crippen molar-refractivity contribution in [2.24, 2.45) is 0 Å². The zero-order valence-corrected chi connectivity index (χ0v) is 6.89. The normalized spacial score (nSPS) is 15.6. The summed E-state index contributed by atoms with van der Waals surface area (Å²) in [5.74, 6) is -4.94. The maximum Gasteiger partial charge on any atom is 0.455 e. The van der Waals surface area contributed by atoms with E-state index in [9.17, 15) is 22.0 Å². The van der Waals surface area contributed by atoms with Crippen molar-refractivity contribution in [1.29, 1.82) is 0 Å². The summed E-state index contributed by atoms with van der Waals surface area (Å²) in [7, 11) is 0. The van der Waals surface area contributed by atoms with Crippen molar-refractivity contribution in [3.8, 4) is 0 Å². The summed E-state index contributed by atoms with van der Waals surface area (Å²) in [6.07, 6.45) is -7.13. The number of aliphatic hydroxyl groups excluding tert-OH is 2. The molecule has 0 fully saturated rings. The lowest BCUT2D eigenvalue weighted by Crippen LogP contribution is -2.41. The van der Waals surface area contributed by atoms with Crippen LogP contribution in [0.1, 0.15) is 0 Å². The molecule has 0 heterocycles. The molecule has 0 unspecified atom stereocenters. The number of halogens is 5.